The Labute approximate surface area is 387 Å². The van der Waals surface area contributed by atoms with E-state index in [-0.39, 0.29) is 19.4 Å². The maximum Gasteiger partial charge on any atom is 0.306 e. The SMILES string of the molecule is CCCCCC/C=C/C=C/CCCCCCCC(=O)O[C@H](COC(=O)CCC/C=C/C/C=C/C/C=C/C/C=C/CCCCCCCCC)CO[C@H]1O[C@H](CS(=O)(=O)O)[C@@H](O)C(O)C1O. The van der Waals surface area contributed by atoms with Crippen molar-refractivity contribution >= 4 is 22.1 Å². The number of esters is 2. The molecule has 1 rings (SSSR count). The van der Waals surface area contributed by atoms with Gasteiger partial charge in [0.25, 0.3) is 10.1 Å². The molecule has 0 bridgehead atoms. The Morgan fingerprint density at radius 2 is 1.00 bits per heavy atom. The molecule has 0 spiro atoms. The Bertz CT molecular complexity index is 1450. The van der Waals surface area contributed by atoms with Crippen LogP contribution < -0.4 is 0 Å². The first-order chi connectivity index (χ1) is 31.0. The van der Waals surface area contributed by atoms with Crippen LogP contribution in [-0.2, 0) is 38.7 Å². The van der Waals surface area contributed by atoms with Gasteiger partial charge < -0.3 is 34.3 Å². The summed E-state index contributed by atoms with van der Waals surface area (Å²) in [5, 5.41) is 30.9. The van der Waals surface area contributed by atoms with Gasteiger partial charge in [-0.2, -0.15) is 8.42 Å². The quantitative estimate of drug-likeness (QED) is 0.0150. The Hall–Kier alpha value is -2.91. The second-order valence-electron chi connectivity index (χ2n) is 16.8. The van der Waals surface area contributed by atoms with Crippen molar-refractivity contribution in [2.45, 2.75) is 218 Å². The van der Waals surface area contributed by atoms with Gasteiger partial charge in [-0.05, 0) is 77.0 Å². The van der Waals surface area contributed by atoms with E-state index < -0.39 is 71.2 Å². The van der Waals surface area contributed by atoms with Gasteiger partial charge in [0.2, 0.25) is 0 Å². The molecule has 1 saturated heterocycles. The Morgan fingerprint density at radius 1 is 0.547 bits per heavy atom. The molecule has 0 saturated carbocycles. The molecule has 12 nitrogen and oxygen atoms in total. The van der Waals surface area contributed by atoms with E-state index in [9.17, 15) is 37.9 Å². The second kappa shape index (κ2) is 40.4. The molecule has 368 valence electrons. The van der Waals surface area contributed by atoms with E-state index in [0.717, 1.165) is 64.2 Å². The lowest BCUT2D eigenvalue weighted by atomic mass is 10.00. The Morgan fingerprint density at radius 3 is 1.55 bits per heavy atom. The van der Waals surface area contributed by atoms with Crippen LogP contribution in [0.5, 0.6) is 0 Å². The van der Waals surface area contributed by atoms with Crippen molar-refractivity contribution in [3.63, 3.8) is 0 Å². The van der Waals surface area contributed by atoms with Crippen molar-refractivity contribution in [1.29, 1.82) is 0 Å². The van der Waals surface area contributed by atoms with Gasteiger partial charge in [0, 0.05) is 12.8 Å². The van der Waals surface area contributed by atoms with E-state index >= 15 is 0 Å². The molecule has 0 aromatic carbocycles. The third-order valence-electron chi connectivity index (χ3n) is 10.8. The van der Waals surface area contributed by atoms with E-state index in [2.05, 4.69) is 80.7 Å². The number of unbranched alkanes of at least 4 members (excludes halogenated alkanes) is 17. The van der Waals surface area contributed by atoms with Crippen LogP contribution in [-0.4, -0.2) is 96.0 Å². The Balaban J connectivity index is 2.46. The predicted octanol–water partition coefficient (Wildman–Crippen LogP) is 10.7. The first-order valence-corrected chi connectivity index (χ1v) is 26.1. The number of hydrogen-bond donors (Lipinski definition) is 4. The molecule has 0 radical (unpaired) electrons. The number of allylic oxidation sites excluding steroid dienone is 12. The number of hydrogen-bond acceptors (Lipinski definition) is 11. The van der Waals surface area contributed by atoms with Gasteiger partial charge in [-0.25, -0.2) is 0 Å². The van der Waals surface area contributed by atoms with Crippen LogP contribution in [0.3, 0.4) is 0 Å². The molecule has 13 heteroatoms. The molecule has 6 atom stereocenters. The van der Waals surface area contributed by atoms with Gasteiger partial charge in [-0.15, -0.1) is 0 Å². The number of ether oxygens (including phenoxy) is 4. The minimum atomic E-state index is -4.62. The zero-order valence-corrected chi connectivity index (χ0v) is 40.2. The van der Waals surface area contributed by atoms with Gasteiger partial charge in [-0.3, -0.25) is 14.1 Å². The molecule has 4 N–H and O–H groups in total. The van der Waals surface area contributed by atoms with Crippen molar-refractivity contribution in [3.05, 3.63) is 72.9 Å². The topological polar surface area (TPSA) is 186 Å². The zero-order valence-electron chi connectivity index (χ0n) is 39.4. The van der Waals surface area contributed by atoms with Gasteiger partial charge in [-0.1, -0.05) is 164 Å². The number of aliphatic hydroxyl groups excluding tert-OH is 3. The standard InChI is InChI=1S/C51H86O12S/c1-3-5-7-9-11-13-15-17-19-20-21-22-23-24-26-27-29-31-33-35-37-39-46(52)60-41-44(42-61-51-50(56)49(55)48(54)45(63-51)43-64(57,58)59)62-47(53)40-38-36-34-32-30-28-25-18-16-14-12-10-8-6-4-2/h14,16,18-20,22-23,25-27,31,33,44-45,48-51,54-56H,3-13,15,17,21,24,28-30,32,34-43H2,1-2H3,(H,57,58,59)/b16-14+,20-19+,23-22+,25-18+,27-26+,33-31+/t44-,45-,48-,49?,50?,51+/m1/s1. The molecule has 0 aliphatic carbocycles. The monoisotopic (exact) mass is 923 g/mol. The fourth-order valence-corrected chi connectivity index (χ4v) is 7.64. The lowest BCUT2D eigenvalue weighted by molar-refractivity contribution is -0.297. The number of aliphatic hydroxyl groups is 3. The van der Waals surface area contributed by atoms with Gasteiger partial charge in [0.05, 0.1) is 6.61 Å². The van der Waals surface area contributed by atoms with E-state index in [0.29, 0.717) is 19.3 Å². The normalized spacial score (nSPS) is 20.2. The van der Waals surface area contributed by atoms with E-state index in [1.54, 1.807) is 0 Å². The summed E-state index contributed by atoms with van der Waals surface area (Å²) in [5.74, 6) is -2.08. The fourth-order valence-electron chi connectivity index (χ4n) is 6.95. The fraction of sp³-hybridized carbons (Fsp3) is 0.725. The molecule has 1 heterocycles. The molecule has 1 fully saturated rings. The van der Waals surface area contributed by atoms with Gasteiger partial charge in [0.1, 0.15) is 36.8 Å². The lowest BCUT2D eigenvalue weighted by Gasteiger charge is -2.40. The van der Waals surface area contributed by atoms with Crippen LogP contribution in [0.25, 0.3) is 0 Å². The average Bonchev–Trinajstić information content (AvgIpc) is 3.26. The third-order valence-corrected chi connectivity index (χ3v) is 11.5. The number of carbonyl (C=O) groups excluding carboxylic acids is 2. The molecule has 2 unspecified atom stereocenters. The molecule has 64 heavy (non-hydrogen) atoms. The summed E-state index contributed by atoms with van der Waals surface area (Å²) in [5.41, 5.74) is 0. The first-order valence-electron chi connectivity index (χ1n) is 24.5. The van der Waals surface area contributed by atoms with Crippen molar-refractivity contribution in [3.8, 4) is 0 Å². The summed E-state index contributed by atoms with van der Waals surface area (Å²) in [6.45, 7) is 3.68. The zero-order chi connectivity index (χ0) is 46.9. The molecular formula is C51H86O12S. The molecule has 0 amide bonds. The largest absolute Gasteiger partial charge is 0.462 e. The minimum Gasteiger partial charge on any atom is -0.462 e. The number of rotatable bonds is 40. The van der Waals surface area contributed by atoms with E-state index in [1.807, 2.05) is 6.08 Å². The van der Waals surface area contributed by atoms with Crippen LogP contribution in [0.2, 0.25) is 0 Å². The summed E-state index contributed by atoms with van der Waals surface area (Å²) in [6.07, 6.45) is 42.4. The molecular weight excluding hydrogens is 837 g/mol. The summed E-state index contributed by atoms with van der Waals surface area (Å²) >= 11 is 0. The van der Waals surface area contributed by atoms with E-state index in [4.69, 9.17) is 18.9 Å². The van der Waals surface area contributed by atoms with Crippen LogP contribution in [0.15, 0.2) is 72.9 Å². The Kier molecular flexibility index (Phi) is 37.3. The van der Waals surface area contributed by atoms with Crippen molar-refractivity contribution < 1.29 is 56.8 Å². The maximum absolute atomic E-state index is 12.8. The second-order valence-corrected chi connectivity index (χ2v) is 18.3. The lowest BCUT2D eigenvalue weighted by Crippen LogP contribution is -2.60. The minimum absolute atomic E-state index is 0.132. The van der Waals surface area contributed by atoms with Crippen molar-refractivity contribution in [1.82, 2.24) is 0 Å². The molecule has 0 aromatic rings. The number of carbonyl (C=O) groups is 2. The van der Waals surface area contributed by atoms with Crippen LogP contribution >= 0.6 is 0 Å². The molecule has 1 aliphatic heterocycles. The smallest absolute Gasteiger partial charge is 0.306 e. The summed E-state index contributed by atoms with van der Waals surface area (Å²) < 4.78 is 54.1. The van der Waals surface area contributed by atoms with E-state index in [1.165, 1.54) is 70.6 Å². The highest BCUT2D eigenvalue weighted by atomic mass is 32.2. The van der Waals surface area contributed by atoms with Crippen molar-refractivity contribution in [2.24, 2.45) is 0 Å². The summed E-state index contributed by atoms with van der Waals surface area (Å²) in [6, 6.07) is 0. The highest BCUT2D eigenvalue weighted by Crippen LogP contribution is 2.24. The van der Waals surface area contributed by atoms with Gasteiger partial charge in [0.15, 0.2) is 12.4 Å². The van der Waals surface area contributed by atoms with Crippen molar-refractivity contribution in [2.75, 3.05) is 19.0 Å². The first kappa shape index (κ1) is 59.1. The predicted molar refractivity (Wildman–Crippen MR) is 256 cm³/mol. The van der Waals surface area contributed by atoms with Crippen LogP contribution in [0, 0.1) is 0 Å². The molecule has 0 aromatic heterocycles. The third kappa shape index (κ3) is 34.4. The van der Waals surface area contributed by atoms with Crippen LogP contribution in [0.1, 0.15) is 181 Å². The maximum atomic E-state index is 12.8. The summed E-state index contributed by atoms with van der Waals surface area (Å²) in [7, 11) is -4.62. The average molecular weight is 923 g/mol. The summed E-state index contributed by atoms with van der Waals surface area (Å²) in [4.78, 5) is 25.4. The van der Waals surface area contributed by atoms with Gasteiger partial charge >= 0.3 is 11.9 Å². The van der Waals surface area contributed by atoms with Crippen LogP contribution in [0.4, 0.5) is 0 Å². The highest BCUT2D eigenvalue weighted by Gasteiger charge is 2.46. The molecule has 1 aliphatic rings. The highest BCUT2D eigenvalue weighted by molar-refractivity contribution is 7.85.